The fraction of sp³-hybridized carbons (Fsp3) is 0.438. The lowest BCUT2D eigenvalue weighted by Gasteiger charge is -2.34. The van der Waals surface area contributed by atoms with Gasteiger partial charge in [0.1, 0.15) is 0 Å². The number of nitrogens with one attached hydrogen (secondary N) is 1. The predicted molar refractivity (Wildman–Crippen MR) is 80.3 cm³/mol. The normalized spacial score (nSPS) is 17.4. The first-order chi connectivity index (χ1) is 9.81. The van der Waals surface area contributed by atoms with Crippen LogP contribution < -0.4 is 0 Å². The molecule has 0 saturated carbocycles. The van der Waals surface area contributed by atoms with Crippen LogP contribution in [0.15, 0.2) is 36.7 Å². The maximum absolute atomic E-state index is 4.39. The minimum absolute atomic E-state index is 0.967. The van der Waals surface area contributed by atoms with E-state index in [0.29, 0.717) is 0 Å². The largest absolute Gasteiger partial charge is 0.348 e. The minimum atomic E-state index is 0.967. The second kappa shape index (κ2) is 6.20. The Balaban J connectivity index is 1.49. The summed E-state index contributed by atoms with van der Waals surface area (Å²) in [6.45, 7) is 8.65. The minimum Gasteiger partial charge on any atom is -0.348 e. The molecule has 0 unspecified atom stereocenters. The smallest absolute Gasteiger partial charge is 0.0925 e. The van der Waals surface area contributed by atoms with Gasteiger partial charge in [0.25, 0.3) is 0 Å². The summed E-state index contributed by atoms with van der Waals surface area (Å²) in [7, 11) is 0. The molecular formula is C16H22N4. The molecule has 106 valence electrons. The van der Waals surface area contributed by atoms with E-state index in [2.05, 4.69) is 57.0 Å². The summed E-state index contributed by atoms with van der Waals surface area (Å²) >= 11 is 0. The van der Waals surface area contributed by atoms with Crippen molar-refractivity contribution >= 4 is 0 Å². The maximum atomic E-state index is 4.39. The van der Waals surface area contributed by atoms with Crippen molar-refractivity contribution in [1.29, 1.82) is 0 Å². The topological polar surface area (TPSA) is 35.2 Å². The van der Waals surface area contributed by atoms with Crippen molar-refractivity contribution in [3.63, 3.8) is 0 Å². The molecule has 0 atom stereocenters. The molecule has 1 aliphatic rings. The fourth-order valence-electron chi connectivity index (χ4n) is 2.71. The number of imidazole rings is 1. The summed E-state index contributed by atoms with van der Waals surface area (Å²) in [5.41, 5.74) is 3.78. The molecule has 1 aliphatic heterocycles. The third-order valence-electron chi connectivity index (χ3n) is 4.02. The van der Waals surface area contributed by atoms with Gasteiger partial charge in [-0.25, -0.2) is 4.98 Å². The number of rotatable bonds is 4. The zero-order valence-corrected chi connectivity index (χ0v) is 12.0. The lowest BCUT2D eigenvalue weighted by molar-refractivity contribution is 0.121. The van der Waals surface area contributed by atoms with Gasteiger partial charge in [0.05, 0.1) is 12.0 Å². The zero-order valence-electron chi connectivity index (χ0n) is 12.0. The number of hydrogen-bond donors (Lipinski definition) is 1. The van der Waals surface area contributed by atoms with Crippen LogP contribution in [0.1, 0.15) is 17.0 Å². The molecule has 1 fully saturated rings. The van der Waals surface area contributed by atoms with Gasteiger partial charge in [0.15, 0.2) is 0 Å². The van der Waals surface area contributed by atoms with Gasteiger partial charge in [-0.3, -0.25) is 9.80 Å². The van der Waals surface area contributed by atoms with Crippen molar-refractivity contribution in [2.75, 3.05) is 26.2 Å². The van der Waals surface area contributed by atoms with E-state index < -0.39 is 0 Å². The summed E-state index contributed by atoms with van der Waals surface area (Å²) in [6, 6.07) is 10.7. The van der Waals surface area contributed by atoms with E-state index in [1.807, 2.05) is 0 Å². The van der Waals surface area contributed by atoms with Crippen molar-refractivity contribution in [1.82, 2.24) is 19.8 Å². The van der Waals surface area contributed by atoms with Crippen LogP contribution in [0.2, 0.25) is 0 Å². The van der Waals surface area contributed by atoms with Crippen molar-refractivity contribution in [3.8, 4) is 0 Å². The first kappa shape index (κ1) is 13.3. The van der Waals surface area contributed by atoms with Crippen molar-refractivity contribution in [3.05, 3.63) is 53.6 Å². The molecule has 1 N–H and O–H groups in total. The van der Waals surface area contributed by atoms with Crippen molar-refractivity contribution in [2.24, 2.45) is 0 Å². The number of aromatic nitrogens is 2. The van der Waals surface area contributed by atoms with Gasteiger partial charge >= 0.3 is 0 Å². The molecule has 20 heavy (non-hydrogen) atoms. The zero-order chi connectivity index (χ0) is 13.8. The van der Waals surface area contributed by atoms with Crippen LogP contribution in [0.25, 0.3) is 0 Å². The van der Waals surface area contributed by atoms with Gasteiger partial charge in [-0.15, -0.1) is 0 Å². The number of aromatic amines is 1. The first-order valence-corrected chi connectivity index (χ1v) is 7.29. The number of piperazine rings is 1. The van der Waals surface area contributed by atoms with Crippen LogP contribution in [-0.2, 0) is 13.1 Å². The maximum Gasteiger partial charge on any atom is 0.0925 e. The number of nitrogens with zero attached hydrogens (tertiary/aromatic N) is 3. The second-order valence-corrected chi connectivity index (χ2v) is 5.51. The predicted octanol–water partition coefficient (Wildman–Crippen LogP) is 2.04. The van der Waals surface area contributed by atoms with Crippen LogP contribution in [0, 0.1) is 6.92 Å². The van der Waals surface area contributed by atoms with E-state index in [9.17, 15) is 0 Å². The van der Waals surface area contributed by atoms with Crippen LogP contribution >= 0.6 is 0 Å². The Bertz CT molecular complexity index is 526. The van der Waals surface area contributed by atoms with Gasteiger partial charge in [-0.2, -0.15) is 0 Å². The highest BCUT2D eigenvalue weighted by atomic mass is 15.3. The average molecular weight is 270 g/mol. The SMILES string of the molecule is Cc1[nH]cnc1CN1CCN(Cc2ccccc2)CC1. The third kappa shape index (κ3) is 3.26. The van der Waals surface area contributed by atoms with E-state index in [-0.39, 0.29) is 0 Å². The van der Waals surface area contributed by atoms with Crippen LogP contribution in [-0.4, -0.2) is 45.9 Å². The van der Waals surface area contributed by atoms with Crippen LogP contribution in [0.4, 0.5) is 0 Å². The highest BCUT2D eigenvalue weighted by Gasteiger charge is 2.18. The molecule has 1 aromatic carbocycles. The molecular weight excluding hydrogens is 248 g/mol. The summed E-state index contributed by atoms with van der Waals surface area (Å²) < 4.78 is 0. The molecule has 0 spiro atoms. The Morgan fingerprint density at radius 1 is 1.00 bits per heavy atom. The molecule has 0 radical (unpaired) electrons. The Morgan fingerprint density at radius 3 is 2.25 bits per heavy atom. The Kier molecular flexibility index (Phi) is 4.14. The highest BCUT2D eigenvalue weighted by molar-refractivity contribution is 5.14. The van der Waals surface area contributed by atoms with E-state index in [0.717, 1.165) is 39.3 Å². The summed E-state index contributed by atoms with van der Waals surface area (Å²) in [5.74, 6) is 0. The molecule has 0 bridgehead atoms. The molecule has 4 nitrogen and oxygen atoms in total. The van der Waals surface area contributed by atoms with E-state index >= 15 is 0 Å². The molecule has 0 amide bonds. The number of H-pyrrole nitrogens is 1. The fourth-order valence-corrected chi connectivity index (χ4v) is 2.71. The third-order valence-corrected chi connectivity index (χ3v) is 4.02. The molecule has 1 saturated heterocycles. The average Bonchev–Trinajstić information content (AvgIpc) is 2.88. The second-order valence-electron chi connectivity index (χ2n) is 5.51. The Labute approximate surface area is 120 Å². The summed E-state index contributed by atoms with van der Waals surface area (Å²) in [4.78, 5) is 12.6. The summed E-state index contributed by atoms with van der Waals surface area (Å²) in [5, 5.41) is 0. The molecule has 4 heteroatoms. The Morgan fingerprint density at radius 2 is 1.65 bits per heavy atom. The van der Waals surface area contributed by atoms with E-state index in [4.69, 9.17) is 0 Å². The van der Waals surface area contributed by atoms with Gasteiger partial charge in [0, 0.05) is 45.0 Å². The van der Waals surface area contributed by atoms with Gasteiger partial charge in [-0.05, 0) is 12.5 Å². The molecule has 1 aromatic heterocycles. The lowest BCUT2D eigenvalue weighted by atomic mass is 10.2. The highest BCUT2D eigenvalue weighted by Crippen LogP contribution is 2.11. The quantitative estimate of drug-likeness (QED) is 0.923. The standard InChI is InChI=1S/C16H22N4/c1-14-16(18-13-17-14)12-20-9-7-19(8-10-20)11-15-5-3-2-4-6-15/h2-6,13H,7-12H2,1H3,(H,17,18). The van der Waals surface area contributed by atoms with Crippen LogP contribution in [0.5, 0.6) is 0 Å². The van der Waals surface area contributed by atoms with E-state index in [1.165, 1.54) is 17.0 Å². The lowest BCUT2D eigenvalue weighted by Crippen LogP contribution is -2.45. The van der Waals surface area contributed by atoms with Crippen molar-refractivity contribution < 1.29 is 0 Å². The number of hydrogen-bond acceptors (Lipinski definition) is 3. The summed E-state index contributed by atoms with van der Waals surface area (Å²) in [6.07, 6.45) is 1.79. The van der Waals surface area contributed by atoms with E-state index in [1.54, 1.807) is 6.33 Å². The van der Waals surface area contributed by atoms with Crippen LogP contribution in [0.3, 0.4) is 0 Å². The molecule has 0 aliphatic carbocycles. The Hall–Kier alpha value is -1.65. The van der Waals surface area contributed by atoms with Gasteiger partial charge in [0.2, 0.25) is 0 Å². The number of benzene rings is 1. The molecule has 3 rings (SSSR count). The van der Waals surface area contributed by atoms with Crippen molar-refractivity contribution in [2.45, 2.75) is 20.0 Å². The first-order valence-electron chi connectivity index (χ1n) is 7.29. The number of aryl methyl sites for hydroxylation is 1. The van der Waals surface area contributed by atoms with Gasteiger partial charge < -0.3 is 4.98 Å². The monoisotopic (exact) mass is 270 g/mol. The van der Waals surface area contributed by atoms with Gasteiger partial charge in [-0.1, -0.05) is 30.3 Å². The molecule has 2 aromatic rings. The molecule has 2 heterocycles.